The van der Waals surface area contributed by atoms with Crippen LogP contribution in [0, 0.1) is 0 Å². The molecule has 0 aliphatic carbocycles. The maximum atomic E-state index is 5.73. The summed E-state index contributed by atoms with van der Waals surface area (Å²) >= 11 is 0. The van der Waals surface area contributed by atoms with Crippen LogP contribution in [0.2, 0.25) is 0 Å². The Morgan fingerprint density at radius 3 is 2.47 bits per heavy atom. The first kappa shape index (κ1) is 14.0. The molecule has 0 bridgehead atoms. The Morgan fingerprint density at radius 1 is 1.24 bits per heavy atom. The molecule has 1 aromatic rings. The van der Waals surface area contributed by atoms with Crippen molar-refractivity contribution in [2.24, 2.45) is 5.73 Å². The summed E-state index contributed by atoms with van der Waals surface area (Å²) in [7, 11) is 2.11. The molecule has 0 heterocycles. The van der Waals surface area contributed by atoms with Gasteiger partial charge in [0.2, 0.25) is 0 Å². The second kappa shape index (κ2) is 6.62. The Kier molecular flexibility index (Phi) is 5.45. The third-order valence-electron chi connectivity index (χ3n) is 3.18. The Labute approximate surface area is 105 Å². The van der Waals surface area contributed by atoms with Crippen LogP contribution in [0.15, 0.2) is 30.3 Å². The molecule has 0 spiro atoms. The van der Waals surface area contributed by atoms with Crippen molar-refractivity contribution in [2.45, 2.75) is 25.8 Å². The molecule has 0 atom stereocenters. The smallest absolute Gasteiger partial charge is 0.119 e. The summed E-state index contributed by atoms with van der Waals surface area (Å²) in [5, 5.41) is 0. The Bertz CT molecular complexity index is 311. The number of benzene rings is 1. The largest absolute Gasteiger partial charge is 0.494 e. The van der Waals surface area contributed by atoms with Crippen LogP contribution in [-0.4, -0.2) is 37.2 Å². The lowest BCUT2D eigenvalue weighted by Crippen LogP contribution is -2.47. The minimum atomic E-state index is 0.0622. The van der Waals surface area contributed by atoms with Crippen LogP contribution in [0.5, 0.6) is 5.75 Å². The maximum Gasteiger partial charge on any atom is 0.119 e. The van der Waals surface area contributed by atoms with Gasteiger partial charge in [0.05, 0.1) is 6.61 Å². The number of nitrogens with two attached hydrogens (primary N) is 1. The molecule has 17 heavy (non-hydrogen) atoms. The molecule has 0 fully saturated rings. The van der Waals surface area contributed by atoms with Gasteiger partial charge in [0.15, 0.2) is 0 Å². The fourth-order valence-electron chi connectivity index (χ4n) is 1.47. The van der Waals surface area contributed by atoms with Gasteiger partial charge in [0.1, 0.15) is 5.75 Å². The van der Waals surface area contributed by atoms with Crippen LogP contribution >= 0.6 is 0 Å². The van der Waals surface area contributed by atoms with E-state index in [1.54, 1.807) is 0 Å². The van der Waals surface area contributed by atoms with Crippen LogP contribution in [0.4, 0.5) is 0 Å². The molecule has 3 heteroatoms. The van der Waals surface area contributed by atoms with Crippen LogP contribution in [-0.2, 0) is 0 Å². The molecule has 0 saturated heterocycles. The maximum absolute atomic E-state index is 5.73. The monoisotopic (exact) mass is 236 g/mol. The number of likely N-dealkylation sites (N-methyl/N-ethyl adjacent to an activating group) is 1. The highest BCUT2D eigenvalue weighted by atomic mass is 16.5. The number of hydrogen-bond acceptors (Lipinski definition) is 3. The fourth-order valence-corrected chi connectivity index (χ4v) is 1.47. The molecular formula is C14H24N2O. The molecule has 0 aromatic heterocycles. The summed E-state index contributed by atoms with van der Waals surface area (Å²) in [6.45, 7) is 6.73. The molecule has 1 aromatic carbocycles. The Morgan fingerprint density at radius 2 is 1.88 bits per heavy atom. The van der Waals surface area contributed by atoms with E-state index in [0.29, 0.717) is 6.54 Å². The van der Waals surface area contributed by atoms with Crippen LogP contribution in [0.1, 0.15) is 20.3 Å². The number of para-hydroxylation sites is 1. The summed E-state index contributed by atoms with van der Waals surface area (Å²) in [5.41, 5.74) is 5.79. The van der Waals surface area contributed by atoms with Crippen molar-refractivity contribution < 1.29 is 4.74 Å². The molecule has 0 aliphatic rings. The summed E-state index contributed by atoms with van der Waals surface area (Å²) in [4.78, 5) is 2.28. The van der Waals surface area contributed by atoms with Gasteiger partial charge in [-0.25, -0.2) is 0 Å². The fraction of sp³-hybridized carbons (Fsp3) is 0.571. The van der Waals surface area contributed by atoms with E-state index in [1.807, 2.05) is 30.3 Å². The van der Waals surface area contributed by atoms with Gasteiger partial charge in [0, 0.05) is 18.6 Å². The molecule has 1 rings (SSSR count). The van der Waals surface area contributed by atoms with Crippen molar-refractivity contribution in [1.29, 1.82) is 0 Å². The lowest BCUT2D eigenvalue weighted by atomic mass is 10.0. The highest BCUT2D eigenvalue weighted by Gasteiger charge is 2.20. The SMILES string of the molecule is CN(CCCOc1ccccc1)C(C)(C)CN. The number of ether oxygens (including phenoxy) is 1. The lowest BCUT2D eigenvalue weighted by molar-refractivity contribution is 0.151. The van der Waals surface area contributed by atoms with E-state index in [9.17, 15) is 0 Å². The summed E-state index contributed by atoms with van der Waals surface area (Å²) in [6, 6.07) is 9.92. The van der Waals surface area contributed by atoms with Gasteiger partial charge in [-0.1, -0.05) is 18.2 Å². The van der Waals surface area contributed by atoms with Gasteiger partial charge < -0.3 is 10.5 Å². The number of hydrogen-bond donors (Lipinski definition) is 1. The van der Waals surface area contributed by atoms with Gasteiger partial charge >= 0.3 is 0 Å². The van der Waals surface area contributed by atoms with E-state index in [0.717, 1.165) is 25.3 Å². The molecule has 0 unspecified atom stereocenters. The van der Waals surface area contributed by atoms with Crippen molar-refractivity contribution in [3.63, 3.8) is 0 Å². The highest BCUT2D eigenvalue weighted by molar-refractivity contribution is 5.20. The second-order valence-corrected chi connectivity index (χ2v) is 4.95. The third kappa shape index (κ3) is 4.75. The summed E-state index contributed by atoms with van der Waals surface area (Å²) < 4.78 is 5.64. The molecule has 96 valence electrons. The standard InChI is InChI=1S/C14H24N2O/c1-14(2,12-15)16(3)10-7-11-17-13-8-5-4-6-9-13/h4-6,8-9H,7,10-12,15H2,1-3H3. The lowest BCUT2D eigenvalue weighted by Gasteiger charge is -2.34. The second-order valence-electron chi connectivity index (χ2n) is 4.95. The zero-order chi connectivity index (χ0) is 12.7. The van der Waals surface area contributed by atoms with E-state index in [4.69, 9.17) is 10.5 Å². The summed E-state index contributed by atoms with van der Waals surface area (Å²) in [5.74, 6) is 0.938. The normalized spacial score (nSPS) is 11.8. The Hall–Kier alpha value is -1.06. The van der Waals surface area contributed by atoms with E-state index in [-0.39, 0.29) is 5.54 Å². The molecule has 0 saturated carbocycles. The van der Waals surface area contributed by atoms with Crippen molar-refractivity contribution in [1.82, 2.24) is 4.90 Å². The van der Waals surface area contributed by atoms with Crippen LogP contribution in [0.3, 0.4) is 0 Å². The van der Waals surface area contributed by atoms with Crippen LogP contribution < -0.4 is 10.5 Å². The Balaban J connectivity index is 2.21. The minimum Gasteiger partial charge on any atom is -0.494 e. The predicted octanol–water partition coefficient (Wildman–Crippen LogP) is 2.12. The van der Waals surface area contributed by atoms with Crippen molar-refractivity contribution in [2.75, 3.05) is 26.7 Å². The van der Waals surface area contributed by atoms with Crippen molar-refractivity contribution >= 4 is 0 Å². The first-order chi connectivity index (χ1) is 8.06. The average molecular weight is 236 g/mol. The summed E-state index contributed by atoms with van der Waals surface area (Å²) in [6.07, 6.45) is 1.01. The molecule has 0 amide bonds. The third-order valence-corrected chi connectivity index (χ3v) is 3.18. The van der Waals surface area contributed by atoms with E-state index in [1.165, 1.54) is 0 Å². The van der Waals surface area contributed by atoms with E-state index in [2.05, 4.69) is 25.8 Å². The van der Waals surface area contributed by atoms with Gasteiger partial charge in [-0.3, -0.25) is 4.90 Å². The van der Waals surface area contributed by atoms with Gasteiger partial charge in [0.25, 0.3) is 0 Å². The zero-order valence-electron chi connectivity index (χ0n) is 11.1. The van der Waals surface area contributed by atoms with Gasteiger partial charge in [-0.05, 0) is 39.4 Å². The van der Waals surface area contributed by atoms with E-state index >= 15 is 0 Å². The van der Waals surface area contributed by atoms with Crippen molar-refractivity contribution in [3.8, 4) is 5.75 Å². The molecule has 0 radical (unpaired) electrons. The van der Waals surface area contributed by atoms with Gasteiger partial charge in [-0.15, -0.1) is 0 Å². The number of nitrogens with zero attached hydrogens (tertiary/aromatic N) is 1. The molecule has 3 nitrogen and oxygen atoms in total. The highest BCUT2D eigenvalue weighted by Crippen LogP contribution is 2.11. The molecule has 2 N–H and O–H groups in total. The van der Waals surface area contributed by atoms with Gasteiger partial charge in [-0.2, -0.15) is 0 Å². The number of rotatable bonds is 7. The molecule has 0 aliphatic heterocycles. The minimum absolute atomic E-state index is 0.0622. The first-order valence-electron chi connectivity index (χ1n) is 6.15. The molecular weight excluding hydrogens is 212 g/mol. The predicted molar refractivity (Wildman–Crippen MR) is 72.3 cm³/mol. The first-order valence-corrected chi connectivity index (χ1v) is 6.15. The van der Waals surface area contributed by atoms with Crippen LogP contribution in [0.25, 0.3) is 0 Å². The zero-order valence-corrected chi connectivity index (χ0v) is 11.1. The topological polar surface area (TPSA) is 38.5 Å². The quantitative estimate of drug-likeness (QED) is 0.737. The average Bonchev–Trinajstić information content (AvgIpc) is 2.35. The van der Waals surface area contributed by atoms with Crippen molar-refractivity contribution in [3.05, 3.63) is 30.3 Å². The van der Waals surface area contributed by atoms with E-state index < -0.39 is 0 Å².